The molecule has 6 rings (SSSR count). The van der Waals surface area contributed by atoms with Gasteiger partial charge in [0.15, 0.2) is 0 Å². The average Bonchev–Trinajstić information content (AvgIpc) is 3.19. The van der Waals surface area contributed by atoms with E-state index in [1.165, 1.54) is 58.4 Å². The molecule has 0 saturated heterocycles. The van der Waals surface area contributed by atoms with E-state index in [2.05, 4.69) is 212 Å². The summed E-state index contributed by atoms with van der Waals surface area (Å²) < 4.78 is 4.45. The van der Waals surface area contributed by atoms with Crippen molar-refractivity contribution in [1.82, 2.24) is 0 Å². The van der Waals surface area contributed by atoms with Crippen LogP contribution in [0, 0.1) is 0 Å². The number of allylic oxidation sites excluding steroid dienone is 2. The fraction of sp³-hybridized carbons (Fsp3) is 0.0476. The third-order valence-electron chi connectivity index (χ3n) is 6.88. The van der Waals surface area contributed by atoms with Crippen molar-refractivity contribution in [1.29, 1.82) is 0 Å². The number of hydrogen-bond donors (Lipinski definition) is 0. The van der Waals surface area contributed by atoms with Crippen LogP contribution in [0.4, 0.5) is 0 Å². The predicted molar refractivity (Wildman–Crippen MR) is 207 cm³/mol. The molecule has 0 spiro atoms. The summed E-state index contributed by atoms with van der Waals surface area (Å²) in [7, 11) is 4.73. The van der Waals surface area contributed by atoms with Gasteiger partial charge >= 0.3 is 25.0 Å². The van der Waals surface area contributed by atoms with Crippen LogP contribution in [0.5, 0.6) is 0 Å². The first kappa shape index (κ1) is 39.3. The van der Waals surface area contributed by atoms with Gasteiger partial charge in [-0.15, -0.1) is 13.2 Å². The summed E-state index contributed by atoms with van der Waals surface area (Å²) in [5.41, 5.74) is 0.132. The summed E-state index contributed by atoms with van der Waals surface area (Å²) in [5, 5.41) is 8.39. The minimum Gasteiger partial charge on any atom is -0.0622 e. The van der Waals surface area contributed by atoms with Crippen LogP contribution in [0.2, 0.25) is 0 Å². The fourth-order valence-corrected chi connectivity index (χ4v) is 9.28. The molecule has 0 fully saturated rings. The van der Waals surface area contributed by atoms with Crippen LogP contribution < -0.4 is 31.8 Å². The number of methoxy groups -OCH3 is 1. The van der Waals surface area contributed by atoms with E-state index in [0.717, 1.165) is 0 Å². The molecule has 0 aliphatic carbocycles. The van der Waals surface area contributed by atoms with E-state index in [1.54, 1.807) is 0 Å². The van der Waals surface area contributed by atoms with Gasteiger partial charge in [0.25, 0.3) is 0 Å². The number of carbonyl (C=O) groups excluding carboxylic acids is 2. The van der Waals surface area contributed by atoms with E-state index in [9.17, 15) is 9.59 Å². The van der Waals surface area contributed by atoms with Gasteiger partial charge in [-0.3, -0.25) is 5.57 Å². The van der Waals surface area contributed by atoms with Crippen molar-refractivity contribution in [2.75, 3.05) is 7.11 Å². The second-order valence-electron chi connectivity index (χ2n) is 10.0. The summed E-state index contributed by atoms with van der Waals surface area (Å²) in [6, 6.07) is 64.7. The molecule has 248 valence electrons. The summed E-state index contributed by atoms with van der Waals surface area (Å²) in [5.74, 6) is -0.0926. The largest absolute Gasteiger partial charge is 0.0622 e. The first-order chi connectivity index (χ1) is 24.2. The van der Waals surface area contributed by atoms with Gasteiger partial charge < -0.3 is 14.3 Å². The quantitative estimate of drug-likeness (QED) is 0.0660. The number of hydrogen-bond acceptors (Lipinski definition) is 3. The van der Waals surface area contributed by atoms with Crippen LogP contribution in [-0.4, -0.2) is 19.7 Å². The number of halogens is 1. The molecule has 0 aliphatic heterocycles. The second kappa shape index (κ2) is 23.3. The smallest absolute Gasteiger partial charge is 0.0134 e. The Morgan fingerprint density at radius 3 is 0.776 bits per heavy atom. The minimum absolute atomic E-state index is 0.0926. The maximum absolute atomic E-state index is 9.85. The molecule has 0 radical (unpaired) electrons. The topological polar surface area (TPSA) is 43.4 Å². The average molecular weight is 745 g/mol. The van der Waals surface area contributed by atoms with Crippen LogP contribution >= 0.6 is 26.0 Å². The van der Waals surface area contributed by atoms with Crippen LogP contribution in [0.3, 0.4) is 0 Å². The molecule has 0 saturated carbocycles. The van der Waals surface area contributed by atoms with Crippen LogP contribution in [0.15, 0.2) is 193 Å². The van der Waals surface area contributed by atoms with E-state index in [0.29, 0.717) is 0 Å². The Labute approximate surface area is 305 Å². The normalized spacial score (nSPS) is 10.5. The monoisotopic (exact) mass is 744 g/mol. The summed E-state index contributed by atoms with van der Waals surface area (Å²) in [6.07, 6.45) is 2.96. The van der Waals surface area contributed by atoms with Crippen molar-refractivity contribution in [3.05, 3.63) is 193 Å². The van der Waals surface area contributed by atoms with Gasteiger partial charge in [0.2, 0.25) is 0 Å². The van der Waals surface area contributed by atoms with Gasteiger partial charge in [-0.25, -0.2) is 0 Å². The maximum atomic E-state index is 9.85. The maximum Gasteiger partial charge on any atom is -0.0134 e. The first-order valence-electron chi connectivity index (χ1n) is 15.2. The van der Waals surface area contributed by atoms with Crippen molar-refractivity contribution in [3.63, 3.8) is 0 Å². The van der Waals surface area contributed by atoms with E-state index >= 15 is 0 Å². The predicted octanol–water partition coefficient (Wildman–Crippen LogP) is 7.70. The fourth-order valence-electron chi connectivity index (χ4n) is 4.67. The van der Waals surface area contributed by atoms with Crippen molar-refractivity contribution in [2.45, 2.75) is 6.92 Å². The number of ether oxygens (including phenoxy) is 1. The number of benzene rings is 6. The zero-order valence-corrected chi connectivity index (χ0v) is 30.7. The van der Waals surface area contributed by atoms with E-state index < -0.39 is 15.8 Å². The van der Waals surface area contributed by atoms with E-state index in [1.807, 2.05) is 0 Å². The second-order valence-corrected chi connectivity index (χ2v) is 14.5. The molecule has 0 bridgehead atoms. The molecule has 6 aromatic rings. The summed E-state index contributed by atoms with van der Waals surface area (Å²) in [6.45, 7) is 1.43. The molecule has 49 heavy (non-hydrogen) atoms. The zero-order valence-electron chi connectivity index (χ0n) is 27.2. The first-order valence-corrected chi connectivity index (χ1v) is 19.3. The van der Waals surface area contributed by atoms with Crippen LogP contribution in [-0.2, 0) is 29.2 Å². The zero-order chi connectivity index (χ0) is 35.1. The van der Waals surface area contributed by atoms with E-state index in [4.69, 9.17) is 0 Å². The standard InChI is InChI=1S/2C18H15P.C6H6O3.ClH.Co/c2*1-4-10-16(11-5-1)19(17-12-6-2-7-13-17)18-14-8-3-9-15-18;1-5(3-7)6(4-8)9-2;;/h2*1-15H;1-2H3;1H;/q;;-2;;+3/p-1/b;;6-5+;;. The summed E-state index contributed by atoms with van der Waals surface area (Å²) >= 11 is 3.03. The van der Waals surface area contributed by atoms with Gasteiger partial charge in [-0.05, 0) is 47.7 Å². The van der Waals surface area contributed by atoms with Gasteiger partial charge in [-0.1, -0.05) is 188 Å². The molecule has 6 aromatic carbocycles. The molecule has 3 nitrogen and oxygen atoms in total. The molecule has 0 amide bonds. The molecule has 0 N–H and O–H groups in total. The number of rotatable bonds is 9. The Morgan fingerprint density at radius 1 is 0.449 bits per heavy atom. The molecule has 0 atom stereocenters. The Balaban J connectivity index is 0.000000207. The Morgan fingerprint density at radius 2 is 0.653 bits per heavy atom. The Hall–Kier alpha value is -4.14. The molecule has 0 heterocycles. The molecule has 0 aliphatic rings. The van der Waals surface area contributed by atoms with Gasteiger partial charge in [0.05, 0.1) is 0 Å². The molecule has 7 heteroatoms. The van der Waals surface area contributed by atoms with Gasteiger partial charge in [0.1, 0.15) is 0 Å². The summed E-state index contributed by atoms with van der Waals surface area (Å²) in [4.78, 5) is 19.7. The Bertz CT molecular complexity index is 1490. The Kier molecular flexibility index (Phi) is 18.6. The third kappa shape index (κ3) is 12.7. The molecule has 0 aromatic heterocycles. The van der Waals surface area contributed by atoms with Gasteiger partial charge in [0, 0.05) is 7.11 Å². The van der Waals surface area contributed by atoms with Crippen LogP contribution in [0.1, 0.15) is 6.92 Å². The van der Waals surface area contributed by atoms with Crippen LogP contribution in [0.25, 0.3) is 0 Å². The van der Waals surface area contributed by atoms with Crippen molar-refractivity contribution >= 4 is 70.4 Å². The molecule has 0 unspecified atom stereocenters. The minimum atomic E-state index is -0.446. The van der Waals surface area contributed by atoms with Crippen molar-refractivity contribution < 1.29 is 29.2 Å². The van der Waals surface area contributed by atoms with Crippen molar-refractivity contribution in [3.8, 4) is 0 Å². The molecular weight excluding hydrogens is 709 g/mol. The van der Waals surface area contributed by atoms with E-state index in [-0.39, 0.29) is 11.3 Å². The SMILES string of the molecule is CO/C([C-]=O)=C(\C)[C-]=O.[Cl][Co+2].c1ccc(P(c2ccccc2)c2ccccc2)cc1.c1ccc(P(c2ccccc2)c2ccccc2)cc1. The van der Waals surface area contributed by atoms with Gasteiger partial charge in [-0.2, -0.15) is 5.76 Å². The van der Waals surface area contributed by atoms with Crippen molar-refractivity contribution in [2.24, 2.45) is 0 Å². The molecular formula is C42H36ClCoO3P2. The third-order valence-corrected chi connectivity index (χ3v) is 11.8.